The third-order valence-corrected chi connectivity index (χ3v) is 14.4. The second-order valence-corrected chi connectivity index (χ2v) is 18.5. The number of nitrogens with one attached hydrogen (secondary N) is 1. The molecule has 5 aromatic rings. The predicted octanol–water partition coefficient (Wildman–Crippen LogP) is 6.25. The normalized spacial score (nSPS) is 19.7. The fourth-order valence-electron chi connectivity index (χ4n) is 9.91. The number of halogens is 1. The van der Waals surface area contributed by atoms with Crippen LogP contribution in [0, 0.1) is 11.7 Å². The number of piperidine rings is 1. The van der Waals surface area contributed by atoms with Crippen molar-refractivity contribution in [1.82, 2.24) is 39.6 Å². The molecule has 1 N–H and O–H groups in total. The van der Waals surface area contributed by atoms with Crippen LogP contribution in [0.2, 0.25) is 0 Å². The van der Waals surface area contributed by atoms with Gasteiger partial charge in [0.2, 0.25) is 17.7 Å². The summed E-state index contributed by atoms with van der Waals surface area (Å²) in [5.41, 5.74) is 1.83. The number of piperazine rings is 1. The van der Waals surface area contributed by atoms with Gasteiger partial charge in [-0.1, -0.05) is 26.2 Å². The van der Waals surface area contributed by atoms with Crippen molar-refractivity contribution in [3.8, 4) is 11.6 Å². The first-order valence-electron chi connectivity index (χ1n) is 23.0. The van der Waals surface area contributed by atoms with Crippen molar-refractivity contribution in [3.63, 3.8) is 0 Å². The van der Waals surface area contributed by atoms with E-state index >= 15 is 0 Å². The van der Waals surface area contributed by atoms with Gasteiger partial charge in [0.05, 0.1) is 22.8 Å². The minimum absolute atomic E-state index is 0.0936. The molecule has 0 bridgehead atoms. The Morgan fingerprint density at radius 1 is 0.906 bits per heavy atom. The zero-order chi connectivity index (χ0) is 44.2. The molecule has 340 valence electrons. The van der Waals surface area contributed by atoms with Crippen molar-refractivity contribution in [3.05, 3.63) is 71.3 Å². The summed E-state index contributed by atoms with van der Waals surface area (Å²) in [5.74, 6) is 0.941. The Labute approximate surface area is 375 Å². The zero-order valence-electron chi connectivity index (χ0n) is 36.4. The average Bonchev–Trinajstić information content (AvgIpc) is 4.16. The number of carbonyl (C=O) groups is 4. The Kier molecular flexibility index (Phi) is 13.4. The summed E-state index contributed by atoms with van der Waals surface area (Å²) in [6, 6.07) is 11.0. The number of hydrogen-bond acceptors (Lipinski definition) is 11. The maximum atomic E-state index is 14.5. The molecular formula is C47H57FN8O7S. The number of fused-ring (bicyclic) bond motifs is 2. The van der Waals surface area contributed by atoms with Crippen molar-refractivity contribution in [1.29, 1.82) is 0 Å². The summed E-state index contributed by atoms with van der Waals surface area (Å²) in [4.78, 5) is 66.7. The largest absolute Gasteiger partial charge is 0.489 e. The summed E-state index contributed by atoms with van der Waals surface area (Å²) in [6.07, 6.45) is 10.6. The van der Waals surface area contributed by atoms with E-state index < -0.39 is 11.9 Å². The van der Waals surface area contributed by atoms with E-state index in [1.54, 1.807) is 55.9 Å². The van der Waals surface area contributed by atoms with Crippen LogP contribution in [0.1, 0.15) is 87.4 Å². The standard InChI is InChI=1S/C47H57FN8O7S/c1-2-41(57)50-44(31-7-4-3-5-8-31)47(60)54-22-20-53(21-23-54)46(59)39-26-32-25-33(48)10-11-38(32)56(39)29-43(58)55-17-6-9-34(55)30-61-42-27-36(63-51-42)28-52-18-13-35(14-19-52)62-40-12-16-49-37-15-24-64-45(37)40/h10-12,15-16,24-27,31,34-35,44H,2-9,13-14,17-23,28-30H2,1H3,(H,50,57)/t34-,44-/m0/s1. The van der Waals surface area contributed by atoms with Gasteiger partial charge in [-0.15, -0.1) is 11.3 Å². The number of rotatable bonds is 14. The van der Waals surface area contributed by atoms with Gasteiger partial charge < -0.3 is 38.6 Å². The van der Waals surface area contributed by atoms with Crippen molar-refractivity contribution in [2.24, 2.45) is 5.92 Å². The minimum Gasteiger partial charge on any atom is -0.489 e. The van der Waals surface area contributed by atoms with Gasteiger partial charge in [-0.25, -0.2) is 4.39 Å². The second-order valence-electron chi connectivity index (χ2n) is 17.6. The Balaban J connectivity index is 0.790. The minimum atomic E-state index is -0.566. The molecule has 64 heavy (non-hydrogen) atoms. The van der Waals surface area contributed by atoms with Crippen LogP contribution < -0.4 is 14.8 Å². The SMILES string of the molecule is CCC(=O)N[C@H](C(=O)N1CCN(C(=O)c2cc3cc(F)ccc3n2CC(=O)N2CCC[C@H]2COc2cc(CN3CCC(Oc4ccnc5ccsc45)CC3)on2)CC1)C1CCCCC1. The van der Waals surface area contributed by atoms with Gasteiger partial charge in [-0.05, 0) is 91.4 Å². The molecule has 9 rings (SSSR count). The van der Waals surface area contributed by atoms with Gasteiger partial charge in [-0.3, -0.25) is 29.1 Å². The fraction of sp³-hybridized carbons (Fsp3) is 0.532. The average molecular weight is 897 g/mol. The molecule has 17 heteroatoms. The van der Waals surface area contributed by atoms with E-state index in [1.165, 1.54) is 12.1 Å². The Bertz CT molecular complexity index is 2450. The van der Waals surface area contributed by atoms with Crippen LogP contribution in [-0.4, -0.2) is 129 Å². The number of likely N-dealkylation sites (tertiary alicyclic amines) is 2. The van der Waals surface area contributed by atoms with Crippen LogP contribution in [0.25, 0.3) is 21.1 Å². The maximum absolute atomic E-state index is 14.5. The first kappa shape index (κ1) is 43.7. The molecular weight excluding hydrogens is 840 g/mol. The summed E-state index contributed by atoms with van der Waals surface area (Å²) in [7, 11) is 0. The highest BCUT2D eigenvalue weighted by atomic mass is 32.1. The third-order valence-electron chi connectivity index (χ3n) is 13.5. The van der Waals surface area contributed by atoms with Crippen LogP contribution in [-0.2, 0) is 27.5 Å². The molecule has 1 aromatic carbocycles. The highest BCUT2D eigenvalue weighted by Crippen LogP contribution is 2.32. The number of benzene rings is 1. The molecule has 3 saturated heterocycles. The zero-order valence-corrected chi connectivity index (χ0v) is 37.2. The van der Waals surface area contributed by atoms with E-state index in [2.05, 4.69) is 20.4 Å². The molecule has 4 fully saturated rings. The molecule has 1 saturated carbocycles. The number of ether oxygens (including phenoxy) is 2. The Hall–Kier alpha value is -5.55. The van der Waals surface area contributed by atoms with Gasteiger partial charge in [-0.2, -0.15) is 0 Å². The van der Waals surface area contributed by atoms with Crippen LogP contribution in [0.3, 0.4) is 0 Å². The summed E-state index contributed by atoms with van der Waals surface area (Å²) in [5, 5.41) is 9.73. The number of pyridine rings is 1. The first-order valence-corrected chi connectivity index (χ1v) is 23.8. The number of carbonyl (C=O) groups excluding carboxylic acids is 4. The molecule has 4 aromatic heterocycles. The molecule has 0 spiro atoms. The molecule has 7 heterocycles. The van der Waals surface area contributed by atoms with E-state index in [0.717, 1.165) is 86.8 Å². The molecule has 15 nitrogen and oxygen atoms in total. The lowest BCUT2D eigenvalue weighted by atomic mass is 9.83. The molecule has 4 amide bonds. The van der Waals surface area contributed by atoms with Crippen LogP contribution in [0.15, 0.2) is 58.6 Å². The van der Waals surface area contributed by atoms with Crippen LogP contribution in [0.4, 0.5) is 4.39 Å². The van der Waals surface area contributed by atoms with E-state index in [0.29, 0.717) is 68.2 Å². The van der Waals surface area contributed by atoms with Crippen molar-refractivity contribution >= 4 is 56.1 Å². The number of aromatic nitrogens is 3. The van der Waals surface area contributed by atoms with Gasteiger partial charge in [0, 0.05) is 75.4 Å². The van der Waals surface area contributed by atoms with Gasteiger partial charge >= 0.3 is 0 Å². The molecule has 4 aliphatic rings. The fourth-order valence-corrected chi connectivity index (χ4v) is 10.7. The molecule has 0 radical (unpaired) electrons. The monoisotopic (exact) mass is 896 g/mol. The van der Waals surface area contributed by atoms with Crippen molar-refractivity contribution in [2.75, 3.05) is 52.4 Å². The topological polar surface area (TPSA) is 156 Å². The van der Waals surface area contributed by atoms with Crippen LogP contribution >= 0.6 is 11.3 Å². The van der Waals surface area contributed by atoms with Gasteiger partial charge in [0.15, 0.2) is 5.76 Å². The number of nitrogens with zero attached hydrogens (tertiary/aromatic N) is 7. The summed E-state index contributed by atoms with van der Waals surface area (Å²) >= 11 is 1.64. The van der Waals surface area contributed by atoms with Gasteiger partial charge in [0.1, 0.15) is 42.6 Å². The second kappa shape index (κ2) is 19.7. The lowest BCUT2D eigenvalue weighted by molar-refractivity contribution is -0.139. The first-order chi connectivity index (χ1) is 31.2. The molecule has 2 atom stereocenters. The number of thiophene rings is 1. The highest BCUT2D eigenvalue weighted by molar-refractivity contribution is 7.17. The lowest BCUT2D eigenvalue weighted by Crippen LogP contribution is -2.58. The predicted molar refractivity (Wildman–Crippen MR) is 238 cm³/mol. The quantitative estimate of drug-likeness (QED) is 0.135. The van der Waals surface area contributed by atoms with Gasteiger partial charge in [0.25, 0.3) is 11.8 Å². The highest BCUT2D eigenvalue weighted by Gasteiger charge is 2.37. The molecule has 0 unspecified atom stereocenters. The van der Waals surface area contributed by atoms with E-state index in [-0.39, 0.29) is 60.5 Å². The summed E-state index contributed by atoms with van der Waals surface area (Å²) < 4.78 is 35.4. The third kappa shape index (κ3) is 9.75. The van der Waals surface area contributed by atoms with Crippen molar-refractivity contribution < 1.29 is 37.6 Å². The Morgan fingerprint density at radius 2 is 1.70 bits per heavy atom. The van der Waals surface area contributed by atoms with E-state index in [1.807, 2.05) is 23.6 Å². The smallest absolute Gasteiger partial charge is 0.270 e. The van der Waals surface area contributed by atoms with Crippen molar-refractivity contribution in [2.45, 2.75) is 102 Å². The lowest BCUT2D eigenvalue weighted by Gasteiger charge is -2.39. The molecule has 1 aliphatic carbocycles. The number of amides is 4. The van der Waals surface area contributed by atoms with Crippen LogP contribution in [0.5, 0.6) is 11.6 Å². The van der Waals surface area contributed by atoms with E-state index in [4.69, 9.17) is 14.0 Å². The molecule has 3 aliphatic heterocycles. The Morgan fingerprint density at radius 3 is 2.50 bits per heavy atom. The van der Waals surface area contributed by atoms with E-state index in [9.17, 15) is 23.6 Å². The summed E-state index contributed by atoms with van der Waals surface area (Å²) in [6.45, 7) is 6.02. The number of hydrogen-bond donors (Lipinski definition) is 1. The maximum Gasteiger partial charge on any atom is 0.270 e.